The summed E-state index contributed by atoms with van der Waals surface area (Å²) in [6.07, 6.45) is 6.64. The molecule has 0 spiro atoms. The van der Waals surface area contributed by atoms with Gasteiger partial charge in [-0.15, -0.1) is 0 Å². The van der Waals surface area contributed by atoms with Crippen molar-refractivity contribution in [1.29, 1.82) is 5.26 Å². The number of hydrogen-bond acceptors (Lipinski definition) is 4. The summed E-state index contributed by atoms with van der Waals surface area (Å²) in [5.41, 5.74) is 5.78. The van der Waals surface area contributed by atoms with Gasteiger partial charge < -0.3 is 15.7 Å². The Labute approximate surface area is 119 Å². The van der Waals surface area contributed by atoms with E-state index in [1.807, 2.05) is 0 Å². The molecule has 4 atom stereocenters. The van der Waals surface area contributed by atoms with Crippen molar-refractivity contribution >= 4 is 5.91 Å². The minimum atomic E-state index is -0.664. The molecule has 0 radical (unpaired) electrons. The lowest BCUT2D eigenvalue weighted by atomic mass is 9.69. The van der Waals surface area contributed by atoms with Gasteiger partial charge in [-0.25, -0.2) is 0 Å². The molecule has 5 nitrogen and oxygen atoms in total. The lowest BCUT2D eigenvalue weighted by molar-refractivity contribution is -0.138. The van der Waals surface area contributed by atoms with Gasteiger partial charge >= 0.3 is 0 Å². The van der Waals surface area contributed by atoms with Crippen LogP contribution in [0.5, 0.6) is 0 Å². The zero-order valence-electron chi connectivity index (χ0n) is 11.8. The van der Waals surface area contributed by atoms with Crippen molar-refractivity contribution in [2.75, 3.05) is 6.61 Å². The van der Waals surface area contributed by atoms with Gasteiger partial charge in [-0.2, -0.15) is 5.26 Å². The third-order valence-corrected chi connectivity index (χ3v) is 5.60. The van der Waals surface area contributed by atoms with Gasteiger partial charge in [0.05, 0.1) is 18.7 Å². The summed E-state index contributed by atoms with van der Waals surface area (Å²) >= 11 is 0. The molecule has 0 aromatic rings. The molecular weight excluding hydrogens is 254 g/mol. The SMILES string of the molecule is N#CC1CC2CC2N1C(=O)C(N)C1(CO)CCCCC1. The van der Waals surface area contributed by atoms with Crippen LogP contribution in [0.15, 0.2) is 0 Å². The number of rotatable bonds is 3. The van der Waals surface area contributed by atoms with Crippen molar-refractivity contribution in [3.8, 4) is 6.07 Å². The third-order valence-electron chi connectivity index (χ3n) is 5.60. The number of carbonyl (C=O) groups excluding carboxylic acids is 1. The second-order valence-electron chi connectivity index (χ2n) is 6.75. The quantitative estimate of drug-likeness (QED) is 0.797. The average Bonchev–Trinajstić information content (AvgIpc) is 3.17. The number of likely N-dealkylation sites (tertiary alicyclic amines) is 1. The van der Waals surface area contributed by atoms with E-state index in [1.165, 1.54) is 0 Å². The van der Waals surface area contributed by atoms with Crippen molar-refractivity contribution in [3.05, 3.63) is 0 Å². The highest BCUT2D eigenvalue weighted by atomic mass is 16.3. The first-order valence-electron chi connectivity index (χ1n) is 7.71. The van der Waals surface area contributed by atoms with Crippen LogP contribution in [0.3, 0.4) is 0 Å². The molecule has 0 aromatic carbocycles. The molecule has 5 heteroatoms. The number of aliphatic hydroxyl groups excluding tert-OH is 1. The lowest BCUT2D eigenvalue weighted by Crippen LogP contribution is -2.57. The van der Waals surface area contributed by atoms with Crippen LogP contribution in [0.4, 0.5) is 0 Å². The van der Waals surface area contributed by atoms with Crippen molar-refractivity contribution in [3.63, 3.8) is 0 Å². The summed E-state index contributed by atoms with van der Waals surface area (Å²) in [6, 6.07) is 1.49. The van der Waals surface area contributed by atoms with Crippen LogP contribution >= 0.6 is 0 Å². The van der Waals surface area contributed by atoms with E-state index in [4.69, 9.17) is 5.73 Å². The number of aliphatic hydroxyl groups is 1. The third kappa shape index (κ3) is 2.02. The van der Waals surface area contributed by atoms with Crippen molar-refractivity contribution in [2.45, 2.75) is 63.1 Å². The van der Waals surface area contributed by atoms with Gasteiger partial charge in [0.15, 0.2) is 0 Å². The van der Waals surface area contributed by atoms with E-state index in [-0.39, 0.29) is 24.6 Å². The number of nitrogens with zero attached hydrogens (tertiary/aromatic N) is 2. The molecule has 2 aliphatic carbocycles. The van der Waals surface area contributed by atoms with Crippen LogP contribution in [-0.2, 0) is 4.79 Å². The number of amides is 1. The number of nitrogens with two attached hydrogens (primary N) is 1. The first-order valence-corrected chi connectivity index (χ1v) is 7.71. The summed E-state index contributed by atoms with van der Waals surface area (Å²) in [6.45, 7) is -0.0287. The Balaban J connectivity index is 1.77. The Bertz CT molecular complexity index is 439. The number of carbonyl (C=O) groups is 1. The van der Waals surface area contributed by atoms with E-state index in [1.54, 1.807) is 4.90 Å². The summed E-state index contributed by atoms with van der Waals surface area (Å²) in [7, 11) is 0. The molecule has 1 aliphatic heterocycles. The average molecular weight is 277 g/mol. The second kappa shape index (κ2) is 5.01. The zero-order valence-corrected chi connectivity index (χ0v) is 11.8. The maximum atomic E-state index is 12.8. The number of hydrogen-bond donors (Lipinski definition) is 2. The van der Waals surface area contributed by atoms with E-state index in [0.29, 0.717) is 5.92 Å². The molecule has 3 fully saturated rings. The fourth-order valence-corrected chi connectivity index (χ4v) is 4.13. The summed E-state index contributed by atoms with van der Waals surface area (Å²) in [5, 5.41) is 19.0. The van der Waals surface area contributed by atoms with Crippen LogP contribution in [-0.4, -0.2) is 40.6 Å². The normalized spacial score (nSPS) is 36.0. The Hall–Kier alpha value is -1.12. The van der Waals surface area contributed by atoms with E-state index < -0.39 is 11.5 Å². The molecule has 1 heterocycles. The second-order valence-corrected chi connectivity index (χ2v) is 6.75. The molecule has 1 saturated heterocycles. The van der Waals surface area contributed by atoms with E-state index in [9.17, 15) is 15.2 Å². The highest BCUT2D eigenvalue weighted by molar-refractivity contribution is 5.84. The highest BCUT2D eigenvalue weighted by Crippen LogP contribution is 2.49. The Kier molecular flexibility index (Phi) is 3.47. The topological polar surface area (TPSA) is 90.4 Å². The number of nitriles is 1. The van der Waals surface area contributed by atoms with Crippen molar-refractivity contribution in [1.82, 2.24) is 4.90 Å². The predicted octanol–water partition coefficient (Wildman–Crippen LogP) is 0.769. The molecule has 4 unspecified atom stereocenters. The Morgan fingerprint density at radius 3 is 2.70 bits per heavy atom. The first kappa shape index (κ1) is 13.8. The van der Waals surface area contributed by atoms with Gasteiger partial charge in [0.1, 0.15) is 6.04 Å². The van der Waals surface area contributed by atoms with E-state index in [0.717, 1.165) is 44.9 Å². The van der Waals surface area contributed by atoms with Gasteiger partial charge in [0.2, 0.25) is 5.91 Å². The van der Waals surface area contributed by atoms with Crippen LogP contribution in [0, 0.1) is 22.7 Å². The van der Waals surface area contributed by atoms with Gasteiger partial charge in [-0.1, -0.05) is 19.3 Å². The monoisotopic (exact) mass is 277 g/mol. The molecule has 3 N–H and O–H groups in total. The van der Waals surface area contributed by atoms with E-state index >= 15 is 0 Å². The minimum absolute atomic E-state index is 0.0287. The van der Waals surface area contributed by atoms with Gasteiger partial charge in [0, 0.05) is 11.5 Å². The summed E-state index contributed by atoms with van der Waals surface area (Å²) in [4.78, 5) is 14.5. The highest BCUT2D eigenvalue weighted by Gasteiger charge is 2.56. The van der Waals surface area contributed by atoms with Gasteiger partial charge in [-0.05, 0) is 31.6 Å². The van der Waals surface area contributed by atoms with Crippen LogP contribution < -0.4 is 5.73 Å². The standard InChI is InChI=1S/C15H23N3O2/c16-8-11-6-10-7-12(10)18(11)14(20)13(17)15(9-19)4-2-1-3-5-15/h10-13,19H,1-7,9,17H2. The van der Waals surface area contributed by atoms with Crippen LogP contribution in [0.2, 0.25) is 0 Å². The summed E-state index contributed by atoms with van der Waals surface area (Å²) in [5.74, 6) is 0.393. The maximum Gasteiger partial charge on any atom is 0.241 e. The van der Waals surface area contributed by atoms with Gasteiger partial charge in [-0.3, -0.25) is 4.79 Å². The molecule has 1 amide bonds. The molecule has 0 aromatic heterocycles. The molecule has 20 heavy (non-hydrogen) atoms. The molecular formula is C15H23N3O2. The molecule has 2 saturated carbocycles. The first-order chi connectivity index (χ1) is 9.63. The van der Waals surface area contributed by atoms with Crippen molar-refractivity contribution < 1.29 is 9.90 Å². The smallest absolute Gasteiger partial charge is 0.241 e. The van der Waals surface area contributed by atoms with E-state index in [2.05, 4.69) is 6.07 Å². The Morgan fingerprint density at radius 2 is 2.10 bits per heavy atom. The summed E-state index contributed by atoms with van der Waals surface area (Å²) < 4.78 is 0. The zero-order chi connectivity index (χ0) is 14.3. The maximum absolute atomic E-state index is 12.8. The largest absolute Gasteiger partial charge is 0.396 e. The fourth-order valence-electron chi connectivity index (χ4n) is 4.13. The number of piperidine rings is 1. The van der Waals surface area contributed by atoms with Crippen LogP contribution in [0.25, 0.3) is 0 Å². The predicted molar refractivity (Wildman–Crippen MR) is 73.3 cm³/mol. The Morgan fingerprint density at radius 1 is 1.40 bits per heavy atom. The lowest BCUT2D eigenvalue weighted by Gasteiger charge is -2.41. The number of fused-ring (bicyclic) bond motifs is 1. The molecule has 3 aliphatic rings. The molecule has 0 bridgehead atoms. The minimum Gasteiger partial charge on any atom is -0.396 e. The fraction of sp³-hybridized carbons (Fsp3) is 0.867. The van der Waals surface area contributed by atoms with Crippen LogP contribution in [0.1, 0.15) is 44.9 Å². The van der Waals surface area contributed by atoms with Gasteiger partial charge in [0.25, 0.3) is 0 Å². The molecule has 3 rings (SSSR count). The molecule has 110 valence electrons. The van der Waals surface area contributed by atoms with Crippen molar-refractivity contribution in [2.24, 2.45) is 17.1 Å².